The summed E-state index contributed by atoms with van der Waals surface area (Å²) in [5, 5.41) is 5.51. The molecule has 0 aliphatic heterocycles. The van der Waals surface area contributed by atoms with Gasteiger partial charge in [0.2, 0.25) is 5.91 Å². The fraction of sp³-hybridized carbons (Fsp3) is 0.333. The normalized spacial score (nSPS) is 10.2. The lowest BCUT2D eigenvalue weighted by molar-refractivity contribution is -0.124. The average Bonchev–Trinajstić information content (AvgIpc) is 2.67. The number of carbonyl (C=O) groups excluding carboxylic acids is 2. The van der Waals surface area contributed by atoms with Gasteiger partial charge in [0.15, 0.2) is 6.61 Å². The van der Waals surface area contributed by atoms with Crippen LogP contribution in [0.4, 0.5) is 0 Å². The van der Waals surface area contributed by atoms with Gasteiger partial charge in [0.25, 0.3) is 5.91 Å². The van der Waals surface area contributed by atoms with Gasteiger partial charge in [-0.25, -0.2) is 0 Å². The Labute approximate surface area is 159 Å². The van der Waals surface area contributed by atoms with E-state index in [9.17, 15) is 9.59 Å². The van der Waals surface area contributed by atoms with Gasteiger partial charge in [0.05, 0.1) is 13.5 Å². The Morgan fingerprint density at radius 1 is 0.926 bits per heavy atom. The minimum Gasteiger partial charge on any atom is -0.497 e. The van der Waals surface area contributed by atoms with E-state index in [0.29, 0.717) is 18.8 Å². The summed E-state index contributed by atoms with van der Waals surface area (Å²) < 4.78 is 10.6. The van der Waals surface area contributed by atoms with Crippen LogP contribution in [-0.4, -0.2) is 38.6 Å². The molecule has 2 amide bonds. The summed E-state index contributed by atoms with van der Waals surface area (Å²) in [6.07, 6.45) is 0.285. The summed E-state index contributed by atoms with van der Waals surface area (Å²) in [7, 11) is 1.60. The van der Waals surface area contributed by atoms with E-state index in [-0.39, 0.29) is 24.8 Å². The highest BCUT2D eigenvalue weighted by atomic mass is 16.5. The van der Waals surface area contributed by atoms with Crippen LogP contribution >= 0.6 is 0 Å². The molecule has 0 aliphatic rings. The fourth-order valence-electron chi connectivity index (χ4n) is 2.47. The van der Waals surface area contributed by atoms with Crippen molar-refractivity contribution < 1.29 is 19.1 Å². The minimum absolute atomic E-state index is 0.0515. The first-order chi connectivity index (χ1) is 13.0. The monoisotopic (exact) mass is 370 g/mol. The molecule has 27 heavy (non-hydrogen) atoms. The van der Waals surface area contributed by atoms with E-state index in [0.717, 1.165) is 22.4 Å². The van der Waals surface area contributed by atoms with Crippen LogP contribution in [0.3, 0.4) is 0 Å². The first kappa shape index (κ1) is 20.3. The zero-order valence-electron chi connectivity index (χ0n) is 16.0. The molecule has 0 aromatic heterocycles. The number of rotatable bonds is 9. The molecule has 0 bridgehead atoms. The maximum absolute atomic E-state index is 11.9. The van der Waals surface area contributed by atoms with Crippen molar-refractivity contribution in [3.05, 3.63) is 59.2 Å². The van der Waals surface area contributed by atoms with Crippen molar-refractivity contribution in [2.75, 3.05) is 26.8 Å². The Morgan fingerprint density at radius 2 is 1.59 bits per heavy atom. The molecule has 2 aromatic carbocycles. The van der Waals surface area contributed by atoms with Crippen LogP contribution in [0.1, 0.15) is 16.7 Å². The number of hydrogen-bond acceptors (Lipinski definition) is 4. The molecule has 0 unspecified atom stereocenters. The van der Waals surface area contributed by atoms with Gasteiger partial charge in [0, 0.05) is 13.1 Å². The first-order valence-electron chi connectivity index (χ1n) is 8.85. The number of aryl methyl sites for hydroxylation is 1. The van der Waals surface area contributed by atoms with Gasteiger partial charge in [-0.05, 0) is 48.7 Å². The Kier molecular flexibility index (Phi) is 7.67. The molecule has 6 nitrogen and oxygen atoms in total. The molecule has 144 valence electrons. The second-order valence-electron chi connectivity index (χ2n) is 6.21. The molecule has 2 aromatic rings. The maximum Gasteiger partial charge on any atom is 0.258 e. The van der Waals surface area contributed by atoms with Gasteiger partial charge < -0.3 is 20.1 Å². The molecule has 6 heteroatoms. The Hall–Kier alpha value is -3.02. The second kappa shape index (κ2) is 10.2. The molecular formula is C21H26N2O4. The highest BCUT2D eigenvalue weighted by Gasteiger charge is 2.07. The lowest BCUT2D eigenvalue weighted by Crippen LogP contribution is -2.37. The Balaban J connectivity index is 1.63. The number of carbonyl (C=O) groups is 2. The van der Waals surface area contributed by atoms with E-state index < -0.39 is 0 Å². The van der Waals surface area contributed by atoms with Crippen molar-refractivity contribution in [1.29, 1.82) is 0 Å². The summed E-state index contributed by atoms with van der Waals surface area (Å²) in [5.74, 6) is 1.14. The van der Waals surface area contributed by atoms with E-state index in [1.54, 1.807) is 7.11 Å². The van der Waals surface area contributed by atoms with Gasteiger partial charge in [-0.15, -0.1) is 0 Å². The van der Waals surface area contributed by atoms with Crippen LogP contribution in [0.15, 0.2) is 42.5 Å². The Bertz CT molecular complexity index is 772. The van der Waals surface area contributed by atoms with Crippen LogP contribution in [-0.2, 0) is 16.0 Å². The fourth-order valence-corrected chi connectivity index (χ4v) is 2.47. The number of hydrogen-bond donors (Lipinski definition) is 2. The smallest absolute Gasteiger partial charge is 0.258 e. The molecule has 2 N–H and O–H groups in total. The van der Waals surface area contributed by atoms with Gasteiger partial charge in [-0.2, -0.15) is 0 Å². The van der Waals surface area contributed by atoms with Crippen molar-refractivity contribution in [3.8, 4) is 11.5 Å². The van der Waals surface area contributed by atoms with Crippen molar-refractivity contribution in [2.24, 2.45) is 0 Å². The number of ether oxygens (including phenoxy) is 2. The van der Waals surface area contributed by atoms with Crippen LogP contribution in [0.5, 0.6) is 11.5 Å². The van der Waals surface area contributed by atoms with E-state index in [2.05, 4.69) is 10.6 Å². The van der Waals surface area contributed by atoms with Crippen molar-refractivity contribution in [1.82, 2.24) is 10.6 Å². The zero-order chi connectivity index (χ0) is 19.6. The number of methoxy groups -OCH3 is 1. The highest BCUT2D eigenvalue weighted by molar-refractivity contribution is 5.79. The van der Waals surface area contributed by atoms with Crippen LogP contribution in [0, 0.1) is 13.8 Å². The molecule has 0 saturated heterocycles. The highest BCUT2D eigenvalue weighted by Crippen LogP contribution is 2.20. The third-order valence-corrected chi connectivity index (χ3v) is 4.21. The molecule has 2 rings (SSSR count). The predicted molar refractivity (Wildman–Crippen MR) is 104 cm³/mol. The molecule has 0 spiro atoms. The van der Waals surface area contributed by atoms with Crippen molar-refractivity contribution >= 4 is 11.8 Å². The number of amides is 2. The van der Waals surface area contributed by atoms with Gasteiger partial charge in [-0.1, -0.05) is 24.3 Å². The summed E-state index contributed by atoms with van der Waals surface area (Å²) in [4.78, 5) is 23.8. The molecule has 0 fully saturated rings. The molecular weight excluding hydrogens is 344 g/mol. The quantitative estimate of drug-likeness (QED) is 0.663. The molecule has 0 radical (unpaired) electrons. The van der Waals surface area contributed by atoms with Crippen molar-refractivity contribution in [2.45, 2.75) is 20.3 Å². The van der Waals surface area contributed by atoms with E-state index >= 15 is 0 Å². The lowest BCUT2D eigenvalue weighted by atomic mass is 10.1. The van der Waals surface area contributed by atoms with Gasteiger partial charge in [0.1, 0.15) is 11.5 Å². The minimum atomic E-state index is -0.222. The zero-order valence-corrected chi connectivity index (χ0v) is 16.0. The van der Waals surface area contributed by atoms with Gasteiger partial charge >= 0.3 is 0 Å². The molecule has 0 heterocycles. The third-order valence-electron chi connectivity index (χ3n) is 4.21. The van der Waals surface area contributed by atoms with Crippen LogP contribution in [0.2, 0.25) is 0 Å². The SMILES string of the molecule is COc1ccc(CC(=O)NCCNC(=O)COc2cccc(C)c2C)cc1. The molecule has 0 aliphatic carbocycles. The van der Waals surface area contributed by atoms with Crippen LogP contribution in [0.25, 0.3) is 0 Å². The standard InChI is InChI=1S/C21H26N2O4/c1-15-5-4-6-19(16(15)2)27-14-21(25)23-12-11-22-20(24)13-17-7-9-18(26-3)10-8-17/h4-10H,11-14H2,1-3H3,(H,22,24)(H,23,25). The summed E-state index contributed by atoms with van der Waals surface area (Å²) >= 11 is 0. The Morgan fingerprint density at radius 3 is 2.26 bits per heavy atom. The first-order valence-corrected chi connectivity index (χ1v) is 8.85. The molecule has 0 atom stereocenters. The number of nitrogens with one attached hydrogen (secondary N) is 2. The summed E-state index contributed by atoms with van der Waals surface area (Å²) in [6.45, 7) is 4.62. The lowest BCUT2D eigenvalue weighted by Gasteiger charge is -2.11. The van der Waals surface area contributed by atoms with Crippen LogP contribution < -0.4 is 20.1 Å². The van der Waals surface area contributed by atoms with E-state index in [1.165, 1.54) is 0 Å². The van der Waals surface area contributed by atoms with Crippen molar-refractivity contribution in [3.63, 3.8) is 0 Å². The molecule has 0 saturated carbocycles. The second-order valence-corrected chi connectivity index (χ2v) is 6.21. The third kappa shape index (κ3) is 6.66. The van der Waals surface area contributed by atoms with E-state index in [1.807, 2.05) is 56.3 Å². The predicted octanol–water partition coefficient (Wildman–Crippen LogP) is 2.17. The summed E-state index contributed by atoms with van der Waals surface area (Å²) in [6, 6.07) is 13.1. The maximum atomic E-state index is 11.9. The van der Waals surface area contributed by atoms with Gasteiger partial charge in [-0.3, -0.25) is 9.59 Å². The van der Waals surface area contributed by atoms with E-state index in [4.69, 9.17) is 9.47 Å². The topological polar surface area (TPSA) is 76.7 Å². The average molecular weight is 370 g/mol. The summed E-state index contributed by atoms with van der Waals surface area (Å²) in [5.41, 5.74) is 3.04. The number of benzene rings is 2. The largest absolute Gasteiger partial charge is 0.497 e.